The molecule has 0 bridgehead atoms. The zero-order valence-corrected chi connectivity index (χ0v) is 13.8. The summed E-state index contributed by atoms with van der Waals surface area (Å²) >= 11 is 0. The second kappa shape index (κ2) is 11.2. The minimum atomic E-state index is 0.351. The van der Waals surface area contributed by atoms with E-state index in [1.165, 1.54) is 64.2 Å². The third kappa shape index (κ3) is 6.76. The highest BCUT2D eigenvalue weighted by atomic mass is 16.2. The van der Waals surface area contributed by atoms with Gasteiger partial charge in [-0.05, 0) is 19.8 Å². The lowest BCUT2D eigenvalue weighted by Gasteiger charge is -2.13. The number of hydrogen-bond donors (Lipinski definition) is 0. The van der Waals surface area contributed by atoms with Gasteiger partial charge in [0.25, 0.3) is 0 Å². The quantitative estimate of drug-likeness (QED) is 0.452. The van der Waals surface area contributed by atoms with E-state index in [2.05, 4.69) is 13.8 Å². The number of nitrogens with zero attached hydrogens (tertiary/aromatic N) is 1. The van der Waals surface area contributed by atoms with Crippen molar-refractivity contribution in [2.24, 2.45) is 5.92 Å². The summed E-state index contributed by atoms with van der Waals surface area (Å²) in [6, 6.07) is 0. The molecule has 0 aromatic carbocycles. The average molecular weight is 281 g/mol. The van der Waals surface area contributed by atoms with Crippen LogP contribution in [0.1, 0.15) is 90.9 Å². The fourth-order valence-corrected chi connectivity index (χ4v) is 3.26. The van der Waals surface area contributed by atoms with Crippen molar-refractivity contribution in [2.45, 2.75) is 90.9 Å². The number of amides is 1. The maximum atomic E-state index is 12.0. The highest BCUT2D eigenvalue weighted by Gasteiger charge is 2.29. The lowest BCUT2D eigenvalue weighted by atomic mass is 9.98. The van der Waals surface area contributed by atoms with Crippen LogP contribution in [0.3, 0.4) is 0 Å². The molecule has 0 aromatic heterocycles. The van der Waals surface area contributed by atoms with Crippen molar-refractivity contribution in [3.8, 4) is 0 Å². The van der Waals surface area contributed by atoms with Gasteiger partial charge in [0.05, 0.1) is 0 Å². The van der Waals surface area contributed by atoms with E-state index in [9.17, 15) is 4.79 Å². The predicted octanol–water partition coefficient (Wildman–Crippen LogP) is 5.17. The Kier molecular flexibility index (Phi) is 9.78. The van der Waals surface area contributed by atoms with Crippen molar-refractivity contribution in [3.05, 3.63) is 0 Å². The highest BCUT2D eigenvalue weighted by molar-refractivity contribution is 5.80. The van der Waals surface area contributed by atoms with Crippen LogP contribution in [0.15, 0.2) is 0 Å². The molecule has 1 unspecified atom stereocenters. The van der Waals surface area contributed by atoms with Gasteiger partial charge in [-0.2, -0.15) is 0 Å². The summed E-state index contributed by atoms with van der Waals surface area (Å²) < 4.78 is 0. The molecule has 1 saturated heterocycles. The number of hydrogen-bond acceptors (Lipinski definition) is 1. The Bertz CT molecular complexity index is 252. The van der Waals surface area contributed by atoms with Crippen LogP contribution in [0.25, 0.3) is 0 Å². The van der Waals surface area contributed by atoms with Crippen molar-refractivity contribution in [2.75, 3.05) is 13.1 Å². The van der Waals surface area contributed by atoms with Gasteiger partial charge in [0.15, 0.2) is 0 Å². The van der Waals surface area contributed by atoms with Gasteiger partial charge in [0.2, 0.25) is 5.91 Å². The molecule has 0 saturated carbocycles. The summed E-state index contributed by atoms with van der Waals surface area (Å²) in [5.41, 5.74) is 0. The van der Waals surface area contributed by atoms with Crippen molar-refractivity contribution < 1.29 is 4.79 Å². The standard InChI is InChI=1S/C18H35NO/c1-3-5-6-7-8-9-10-11-12-13-14-17-15-16-19(4-2)18(17)20/h17H,3-16H2,1-2H3. The Morgan fingerprint density at radius 3 is 1.95 bits per heavy atom. The molecule has 2 nitrogen and oxygen atoms in total. The number of carbonyl (C=O) groups is 1. The minimum Gasteiger partial charge on any atom is -0.343 e. The van der Waals surface area contributed by atoms with Crippen molar-refractivity contribution in [3.63, 3.8) is 0 Å². The lowest BCUT2D eigenvalue weighted by molar-refractivity contribution is -0.130. The molecule has 118 valence electrons. The predicted molar refractivity (Wildman–Crippen MR) is 86.8 cm³/mol. The number of likely N-dealkylation sites (tertiary alicyclic amines) is 1. The smallest absolute Gasteiger partial charge is 0.225 e. The van der Waals surface area contributed by atoms with Crippen LogP contribution in [0.4, 0.5) is 0 Å². The van der Waals surface area contributed by atoms with Crippen LogP contribution in [-0.2, 0) is 4.79 Å². The maximum absolute atomic E-state index is 12.0. The highest BCUT2D eigenvalue weighted by Crippen LogP contribution is 2.23. The van der Waals surface area contributed by atoms with Crippen LogP contribution in [0.5, 0.6) is 0 Å². The molecule has 2 heteroatoms. The van der Waals surface area contributed by atoms with E-state index in [1.54, 1.807) is 0 Å². The van der Waals surface area contributed by atoms with Gasteiger partial charge in [-0.15, -0.1) is 0 Å². The van der Waals surface area contributed by atoms with E-state index >= 15 is 0 Å². The molecule has 0 spiro atoms. The van der Waals surface area contributed by atoms with E-state index in [4.69, 9.17) is 0 Å². The minimum absolute atomic E-state index is 0.351. The van der Waals surface area contributed by atoms with Crippen molar-refractivity contribution >= 4 is 5.91 Å². The average Bonchev–Trinajstić information content (AvgIpc) is 2.81. The summed E-state index contributed by atoms with van der Waals surface area (Å²) in [4.78, 5) is 14.0. The summed E-state index contributed by atoms with van der Waals surface area (Å²) in [5, 5.41) is 0. The number of rotatable bonds is 12. The van der Waals surface area contributed by atoms with Crippen LogP contribution < -0.4 is 0 Å². The van der Waals surface area contributed by atoms with Crippen LogP contribution in [0, 0.1) is 5.92 Å². The third-order valence-electron chi connectivity index (χ3n) is 4.70. The molecule has 1 amide bonds. The molecule has 1 atom stereocenters. The summed E-state index contributed by atoms with van der Waals surface area (Å²) in [6.45, 7) is 6.25. The van der Waals surface area contributed by atoms with E-state index < -0.39 is 0 Å². The summed E-state index contributed by atoms with van der Waals surface area (Å²) in [6.07, 6.45) is 16.0. The van der Waals surface area contributed by atoms with Gasteiger partial charge >= 0.3 is 0 Å². The van der Waals surface area contributed by atoms with E-state index in [0.29, 0.717) is 11.8 Å². The molecule has 1 rings (SSSR count). The first-order valence-electron chi connectivity index (χ1n) is 9.08. The van der Waals surface area contributed by atoms with Gasteiger partial charge < -0.3 is 4.90 Å². The van der Waals surface area contributed by atoms with Crippen LogP contribution in [-0.4, -0.2) is 23.9 Å². The maximum Gasteiger partial charge on any atom is 0.225 e. The SMILES string of the molecule is CCCCCCCCCCCCC1CCN(CC)C1=O. The first kappa shape index (κ1) is 17.5. The Labute approximate surface area is 126 Å². The molecule has 1 fully saturated rings. The zero-order chi connectivity index (χ0) is 14.6. The van der Waals surface area contributed by atoms with Crippen molar-refractivity contribution in [1.82, 2.24) is 4.90 Å². The van der Waals surface area contributed by atoms with Gasteiger partial charge in [-0.1, -0.05) is 71.1 Å². The third-order valence-corrected chi connectivity index (χ3v) is 4.70. The molecule has 1 heterocycles. The number of unbranched alkanes of at least 4 members (excludes halogenated alkanes) is 9. The fraction of sp³-hybridized carbons (Fsp3) is 0.944. The number of carbonyl (C=O) groups excluding carboxylic acids is 1. The van der Waals surface area contributed by atoms with Gasteiger partial charge in [0.1, 0.15) is 0 Å². The molecule has 1 aliphatic rings. The topological polar surface area (TPSA) is 20.3 Å². The lowest BCUT2D eigenvalue weighted by Crippen LogP contribution is -2.26. The first-order valence-corrected chi connectivity index (χ1v) is 9.08. The molecule has 1 aliphatic heterocycles. The molecular weight excluding hydrogens is 246 g/mol. The molecule has 20 heavy (non-hydrogen) atoms. The normalized spacial score (nSPS) is 19.0. The first-order chi connectivity index (χ1) is 9.79. The molecule has 0 N–H and O–H groups in total. The van der Waals surface area contributed by atoms with E-state index in [-0.39, 0.29) is 0 Å². The van der Waals surface area contributed by atoms with E-state index in [0.717, 1.165) is 25.9 Å². The van der Waals surface area contributed by atoms with E-state index in [1.807, 2.05) is 4.90 Å². The zero-order valence-electron chi connectivity index (χ0n) is 13.8. The Balaban J connectivity index is 1.87. The van der Waals surface area contributed by atoms with Crippen LogP contribution >= 0.6 is 0 Å². The second-order valence-corrected chi connectivity index (χ2v) is 6.37. The Morgan fingerprint density at radius 1 is 0.900 bits per heavy atom. The summed E-state index contributed by atoms with van der Waals surface area (Å²) in [5.74, 6) is 0.771. The largest absolute Gasteiger partial charge is 0.343 e. The molecule has 0 radical (unpaired) electrons. The van der Waals surface area contributed by atoms with Gasteiger partial charge in [-0.25, -0.2) is 0 Å². The second-order valence-electron chi connectivity index (χ2n) is 6.37. The molecule has 0 aliphatic carbocycles. The molecule has 0 aromatic rings. The van der Waals surface area contributed by atoms with Gasteiger partial charge in [-0.3, -0.25) is 4.79 Å². The van der Waals surface area contributed by atoms with Crippen LogP contribution in [0.2, 0.25) is 0 Å². The monoisotopic (exact) mass is 281 g/mol. The summed E-state index contributed by atoms with van der Waals surface area (Å²) in [7, 11) is 0. The fourth-order valence-electron chi connectivity index (χ4n) is 3.26. The Hall–Kier alpha value is -0.530. The van der Waals surface area contributed by atoms with Gasteiger partial charge in [0, 0.05) is 19.0 Å². The Morgan fingerprint density at radius 2 is 1.45 bits per heavy atom. The molecular formula is C18H35NO. The van der Waals surface area contributed by atoms with Crippen molar-refractivity contribution in [1.29, 1.82) is 0 Å².